The Balaban J connectivity index is 1.75. The van der Waals surface area contributed by atoms with E-state index in [1.165, 1.54) is 12.1 Å². The maximum atomic E-state index is 13.1. The molecule has 4 nitrogen and oxygen atoms in total. The number of amides is 1. The third-order valence-corrected chi connectivity index (χ3v) is 3.11. The minimum atomic E-state index is -0.273. The summed E-state index contributed by atoms with van der Waals surface area (Å²) in [6.07, 6.45) is 6.75. The SMILES string of the molecule is CCC=CCC(=O)NCCCc1nc2ccc(F)cc2[nH]1. The van der Waals surface area contributed by atoms with Gasteiger partial charge in [0.2, 0.25) is 5.91 Å². The number of allylic oxidation sites excluding steroid dienone is 1. The van der Waals surface area contributed by atoms with E-state index in [0.29, 0.717) is 18.5 Å². The van der Waals surface area contributed by atoms with Gasteiger partial charge in [-0.15, -0.1) is 0 Å². The first-order chi connectivity index (χ1) is 10.2. The first-order valence-electron chi connectivity index (χ1n) is 7.25. The third-order valence-electron chi connectivity index (χ3n) is 3.11. The molecule has 1 aromatic heterocycles. The number of halogens is 1. The number of aromatic amines is 1. The van der Waals surface area contributed by atoms with Crippen molar-refractivity contribution in [2.75, 3.05) is 6.54 Å². The summed E-state index contributed by atoms with van der Waals surface area (Å²) in [5.41, 5.74) is 1.47. The molecule has 5 heteroatoms. The number of nitrogens with zero attached hydrogens (tertiary/aromatic N) is 1. The molecule has 1 aromatic carbocycles. The predicted octanol–water partition coefficient (Wildman–Crippen LogP) is 3.11. The van der Waals surface area contributed by atoms with Crippen molar-refractivity contribution in [3.05, 3.63) is 42.0 Å². The van der Waals surface area contributed by atoms with Crippen molar-refractivity contribution in [3.63, 3.8) is 0 Å². The molecule has 21 heavy (non-hydrogen) atoms. The Hall–Kier alpha value is -2.17. The molecule has 2 aromatic rings. The zero-order valence-electron chi connectivity index (χ0n) is 12.2. The predicted molar refractivity (Wildman–Crippen MR) is 81.4 cm³/mol. The zero-order valence-corrected chi connectivity index (χ0v) is 12.2. The van der Waals surface area contributed by atoms with Crippen LogP contribution in [0.25, 0.3) is 11.0 Å². The van der Waals surface area contributed by atoms with Crippen LogP contribution in [0.4, 0.5) is 4.39 Å². The van der Waals surface area contributed by atoms with Crippen LogP contribution in [0.3, 0.4) is 0 Å². The van der Waals surface area contributed by atoms with Crippen molar-refractivity contribution in [3.8, 4) is 0 Å². The first-order valence-corrected chi connectivity index (χ1v) is 7.25. The summed E-state index contributed by atoms with van der Waals surface area (Å²) >= 11 is 0. The molecule has 1 heterocycles. The Morgan fingerprint density at radius 3 is 3.10 bits per heavy atom. The van der Waals surface area contributed by atoms with E-state index in [0.717, 1.165) is 30.6 Å². The van der Waals surface area contributed by atoms with Crippen molar-refractivity contribution < 1.29 is 9.18 Å². The summed E-state index contributed by atoms with van der Waals surface area (Å²) in [4.78, 5) is 19.0. The van der Waals surface area contributed by atoms with Crippen LogP contribution in [0, 0.1) is 5.82 Å². The molecule has 0 saturated carbocycles. The molecule has 0 saturated heterocycles. The Morgan fingerprint density at radius 1 is 1.43 bits per heavy atom. The van der Waals surface area contributed by atoms with Gasteiger partial charge in [0.25, 0.3) is 0 Å². The third kappa shape index (κ3) is 4.70. The molecular weight excluding hydrogens is 269 g/mol. The average Bonchev–Trinajstić information content (AvgIpc) is 2.85. The summed E-state index contributed by atoms with van der Waals surface area (Å²) in [5, 5.41) is 2.86. The lowest BCUT2D eigenvalue weighted by Crippen LogP contribution is -2.23. The highest BCUT2D eigenvalue weighted by Gasteiger charge is 2.04. The molecule has 112 valence electrons. The number of nitrogens with one attached hydrogen (secondary N) is 2. The molecule has 0 spiro atoms. The van der Waals surface area contributed by atoms with Gasteiger partial charge < -0.3 is 10.3 Å². The number of rotatable bonds is 7. The van der Waals surface area contributed by atoms with Crippen molar-refractivity contribution in [1.29, 1.82) is 0 Å². The van der Waals surface area contributed by atoms with Gasteiger partial charge in [0, 0.05) is 19.4 Å². The number of aromatic nitrogens is 2. The van der Waals surface area contributed by atoms with Gasteiger partial charge in [-0.1, -0.05) is 19.1 Å². The fourth-order valence-electron chi connectivity index (χ4n) is 2.07. The number of aryl methyl sites for hydroxylation is 1. The van der Waals surface area contributed by atoms with Gasteiger partial charge in [-0.2, -0.15) is 0 Å². The molecule has 0 fully saturated rings. The highest BCUT2D eigenvalue weighted by molar-refractivity contribution is 5.77. The monoisotopic (exact) mass is 289 g/mol. The van der Waals surface area contributed by atoms with Crippen LogP contribution in [0.5, 0.6) is 0 Å². The quantitative estimate of drug-likeness (QED) is 0.608. The second-order valence-electron chi connectivity index (χ2n) is 4.88. The van der Waals surface area contributed by atoms with Crippen LogP contribution < -0.4 is 5.32 Å². The van der Waals surface area contributed by atoms with E-state index in [9.17, 15) is 9.18 Å². The number of benzene rings is 1. The molecule has 1 amide bonds. The molecule has 0 atom stereocenters. The van der Waals surface area contributed by atoms with Crippen molar-refractivity contribution >= 4 is 16.9 Å². The average molecular weight is 289 g/mol. The van der Waals surface area contributed by atoms with E-state index < -0.39 is 0 Å². The van der Waals surface area contributed by atoms with Gasteiger partial charge in [-0.25, -0.2) is 9.37 Å². The molecule has 0 aliphatic carbocycles. The first kappa shape index (κ1) is 15.2. The molecule has 0 bridgehead atoms. The summed E-state index contributed by atoms with van der Waals surface area (Å²) < 4.78 is 13.1. The fraction of sp³-hybridized carbons (Fsp3) is 0.375. The summed E-state index contributed by atoms with van der Waals surface area (Å²) in [5.74, 6) is 0.576. The Morgan fingerprint density at radius 2 is 2.29 bits per heavy atom. The summed E-state index contributed by atoms with van der Waals surface area (Å²) in [6.45, 7) is 2.65. The maximum absolute atomic E-state index is 13.1. The van der Waals surface area contributed by atoms with E-state index in [2.05, 4.69) is 15.3 Å². The highest BCUT2D eigenvalue weighted by Crippen LogP contribution is 2.13. The van der Waals surface area contributed by atoms with Crippen molar-refractivity contribution in [2.24, 2.45) is 0 Å². The van der Waals surface area contributed by atoms with Crippen molar-refractivity contribution in [1.82, 2.24) is 15.3 Å². The Labute approximate surface area is 123 Å². The number of H-pyrrole nitrogens is 1. The van der Waals surface area contributed by atoms with Gasteiger partial charge in [-0.3, -0.25) is 4.79 Å². The highest BCUT2D eigenvalue weighted by atomic mass is 19.1. The van der Waals surface area contributed by atoms with Crippen LogP contribution in [-0.2, 0) is 11.2 Å². The second kappa shape index (κ2) is 7.57. The maximum Gasteiger partial charge on any atom is 0.223 e. The van der Waals surface area contributed by atoms with Crippen molar-refractivity contribution in [2.45, 2.75) is 32.6 Å². The molecule has 2 rings (SSSR count). The van der Waals surface area contributed by atoms with Crippen LogP contribution >= 0.6 is 0 Å². The normalized spacial score (nSPS) is 11.3. The lowest BCUT2D eigenvalue weighted by atomic mass is 10.3. The smallest absolute Gasteiger partial charge is 0.223 e. The number of imidazole rings is 1. The lowest BCUT2D eigenvalue weighted by molar-refractivity contribution is -0.120. The summed E-state index contributed by atoms with van der Waals surface area (Å²) in [7, 11) is 0. The van der Waals surface area contributed by atoms with E-state index in [1.54, 1.807) is 6.07 Å². The fourth-order valence-corrected chi connectivity index (χ4v) is 2.07. The summed E-state index contributed by atoms with van der Waals surface area (Å²) in [6, 6.07) is 4.50. The van der Waals surface area contributed by atoms with Crippen LogP contribution in [-0.4, -0.2) is 22.4 Å². The Kier molecular flexibility index (Phi) is 5.49. The van der Waals surface area contributed by atoms with Crippen LogP contribution in [0.2, 0.25) is 0 Å². The van der Waals surface area contributed by atoms with Gasteiger partial charge in [0.1, 0.15) is 11.6 Å². The standard InChI is InChI=1S/C16H20FN3O/c1-2-3-4-7-16(21)18-10-5-6-15-19-13-9-8-12(17)11-14(13)20-15/h3-4,8-9,11H,2,5-7,10H2,1H3,(H,18,21)(H,19,20). The number of hydrogen-bond donors (Lipinski definition) is 2. The van der Waals surface area contributed by atoms with Gasteiger partial charge in [0.15, 0.2) is 0 Å². The Bertz CT molecular complexity index is 633. The molecule has 0 aliphatic heterocycles. The number of hydrogen-bond acceptors (Lipinski definition) is 2. The van der Waals surface area contributed by atoms with E-state index in [4.69, 9.17) is 0 Å². The van der Waals surface area contributed by atoms with Gasteiger partial charge in [-0.05, 0) is 31.0 Å². The minimum absolute atomic E-state index is 0.0337. The van der Waals surface area contributed by atoms with Crippen LogP contribution in [0.15, 0.2) is 30.4 Å². The van der Waals surface area contributed by atoms with E-state index in [1.807, 2.05) is 19.1 Å². The molecule has 2 N–H and O–H groups in total. The van der Waals surface area contributed by atoms with E-state index in [-0.39, 0.29) is 11.7 Å². The molecular formula is C16H20FN3O. The van der Waals surface area contributed by atoms with E-state index >= 15 is 0 Å². The molecule has 0 radical (unpaired) electrons. The molecule has 0 unspecified atom stereocenters. The number of carbonyl (C=O) groups excluding carboxylic acids is 1. The molecule has 0 aliphatic rings. The lowest BCUT2D eigenvalue weighted by Gasteiger charge is -2.02. The minimum Gasteiger partial charge on any atom is -0.356 e. The number of fused-ring (bicyclic) bond motifs is 1. The van der Waals surface area contributed by atoms with Gasteiger partial charge in [0.05, 0.1) is 11.0 Å². The topological polar surface area (TPSA) is 57.8 Å². The van der Waals surface area contributed by atoms with Crippen LogP contribution in [0.1, 0.15) is 32.0 Å². The van der Waals surface area contributed by atoms with Gasteiger partial charge >= 0.3 is 0 Å². The number of carbonyl (C=O) groups is 1. The largest absolute Gasteiger partial charge is 0.356 e. The second-order valence-corrected chi connectivity index (χ2v) is 4.88. The zero-order chi connectivity index (χ0) is 15.1.